The second-order valence-corrected chi connectivity index (χ2v) is 7.28. The molecule has 6 nitrogen and oxygen atoms in total. The van der Waals surface area contributed by atoms with Gasteiger partial charge in [0, 0.05) is 12.6 Å². The fourth-order valence-electron chi connectivity index (χ4n) is 2.91. The van der Waals surface area contributed by atoms with Crippen molar-refractivity contribution in [2.75, 3.05) is 13.7 Å². The van der Waals surface area contributed by atoms with Crippen molar-refractivity contribution in [3.8, 4) is 5.75 Å². The van der Waals surface area contributed by atoms with Crippen molar-refractivity contribution in [2.45, 2.75) is 18.5 Å². The molecule has 0 saturated heterocycles. The first-order valence-electron chi connectivity index (χ1n) is 9.05. The van der Waals surface area contributed by atoms with Crippen LogP contribution in [0.15, 0.2) is 41.1 Å². The van der Waals surface area contributed by atoms with Crippen LogP contribution in [-0.4, -0.2) is 37.0 Å². The van der Waals surface area contributed by atoms with E-state index < -0.39 is 59.5 Å². The number of carbonyl (C=O) groups excluding carboxylic acids is 1. The first-order valence-corrected chi connectivity index (χ1v) is 9.84. The highest BCUT2D eigenvalue weighted by Gasteiger charge is 2.35. The number of aliphatic hydroxyl groups excluding tert-OH is 1. The third-order valence-corrected chi connectivity index (χ3v) is 5.10. The third kappa shape index (κ3) is 4.80. The standard InChI is InChI=1S/C20H16BrF5N2O4/c1-27-18(30)14-11(22)6-7-12(15(14)23)31-13(8-29)19-28-16(17(21)32-19)9-2-4-10(5-3-9)20(24,25)26/h2-7,13,19,28-29H,8H2,1H3,(H,27,30). The van der Waals surface area contributed by atoms with Gasteiger partial charge in [-0.1, -0.05) is 12.1 Å². The highest BCUT2D eigenvalue weighted by Crippen LogP contribution is 2.34. The summed E-state index contributed by atoms with van der Waals surface area (Å²) in [6, 6.07) is 6.03. The highest BCUT2D eigenvalue weighted by molar-refractivity contribution is 9.11. The molecule has 0 bridgehead atoms. The Hall–Kier alpha value is -2.86. The van der Waals surface area contributed by atoms with Crippen LogP contribution in [0, 0.1) is 11.6 Å². The summed E-state index contributed by atoms with van der Waals surface area (Å²) in [5.74, 6) is -3.88. The lowest BCUT2D eigenvalue weighted by molar-refractivity contribution is -0.137. The van der Waals surface area contributed by atoms with Gasteiger partial charge in [0.15, 0.2) is 22.3 Å². The van der Waals surface area contributed by atoms with E-state index in [-0.39, 0.29) is 10.4 Å². The van der Waals surface area contributed by atoms with Gasteiger partial charge in [-0.25, -0.2) is 8.78 Å². The van der Waals surface area contributed by atoms with Crippen molar-refractivity contribution in [3.05, 3.63) is 69.4 Å². The molecule has 12 heteroatoms. The van der Waals surface area contributed by atoms with Crippen LogP contribution in [0.1, 0.15) is 21.5 Å². The van der Waals surface area contributed by atoms with Gasteiger partial charge in [-0.2, -0.15) is 13.2 Å². The number of aliphatic hydroxyl groups is 1. The van der Waals surface area contributed by atoms with Crippen LogP contribution in [0.5, 0.6) is 5.75 Å². The minimum Gasteiger partial charge on any atom is -0.479 e. The molecular formula is C20H16BrF5N2O4. The molecule has 2 aromatic carbocycles. The Kier molecular flexibility index (Phi) is 6.94. The number of hydrogen-bond acceptors (Lipinski definition) is 5. The van der Waals surface area contributed by atoms with E-state index in [0.29, 0.717) is 5.56 Å². The van der Waals surface area contributed by atoms with Gasteiger partial charge in [-0.15, -0.1) is 0 Å². The average molecular weight is 523 g/mol. The molecule has 0 radical (unpaired) electrons. The van der Waals surface area contributed by atoms with Gasteiger partial charge in [0.2, 0.25) is 6.23 Å². The number of alkyl halides is 3. The van der Waals surface area contributed by atoms with E-state index in [4.69, 9.17) is 9.47 Å². The van der Waals surface area contributed by atoms with Crippen molar-refractivity contribution in [2.24, 2.45) is 0 Å². The van der Waals surface area contributed by atoms with E-state index in [1.807, 2.05) is 0 Å². The number of halogens is 6. The molecule has 2 aromatic rings. The normalized spacial score (nSPS) is 16.9. The minimum atomic E-state index is -4.49. The van der Waals surface area contributed by atoms with E-state index in [9.17, 15) is 31.9 Å². The predicted octanol–water partition coefficient (Wildman–Crippen LogP) is 3.75. The van der Waals surface area contributed by atoms with Gasteiger partial charge >= 0.3 is 6.18 Å². The Morgan fingerprint density at radius 2 is 1.91 bits per heavy atom. The van der Waals surface area contributed by atoms with Crippen LogP contribution >= 0.6 is 15.9 Å². The van der Waals surface area contributed by atoms with Crippen molar-refractivity contribution < 1.29 is 41.3 Å². The zero-order valence-electron chi connectivity index (χ0n) is 16.3. The lowest BCUT2D eigenvalue weighted by atomic mass is 10.1. The summed E-state index contributed by atoms with van der Waals surface area (Å²) in [4.78, 5) is 11.7. The van der Waals surface area contributed by atoms with E-state index >= 15 is 0 Å². The smallest absolute Gasteiger partial charge is 0.416 e. The molecule has 0 aliphatic carbocycles. The first-order chi connectivity index (χ1) is 15.1. The molecule has 32 heavy (non-hydrogen) atoms. The van der Waals surface area contributed by atoms with Crippen LogP contribution < -0.4 is 15.4 Å². The molecule has 0 spiro atoms. The molecule has 2 atom stereocenters. The summed E-state index contributed by atoms with van der Waals surface area (Å²) in [5.41, 5.74) is -1.06. The van der Waals surface area contributed by atoms with E-state index in [1.54, 1.807) is 0 Å². The Morgan fingerprint density at radius 1 is 1.25 bits per heavy atom. The van der Waals surface area contributed by atoms with Crippen LogP contribution in [0.4, 0.5) is 22.0 Å². The summed E-state index contributed by atoms with van der Waals surface area (Å²) >= 11 is 3.15. The lowest BCUT2D eigenvalue weighted by Crippen LogP contribution is -2.43. The maximum absolute atomic E-state index is 14.6. The monoisotopic (exact) mass is 522 g/mol. The van der Waals surface area contributed by atoms with Crippen molar-refractivity contribution in [1.29, 1.82) is 0 Å². The molecule has 3 rings (SSSR count). The Bertz CT molecular complexity index is 1040. The second kappa shape index (κ2) is 9.33. The van der Waals surface area contributed by atoms with Gasteiger partial charge < -0.3 is 25.2 Å². The predicted molar refractivity (Wildman–Crippen MR) is 107 cm³/mol. The quantitative estimate of drug-likeness (QED) is 0.503. The van der Waals surface area contributed by atoms with Gasteiger partial charge in [-0.05, 0) is 40.2 Å². The Labute approximate surface area is 187 Å². The molecule has 0 fully saturated rings. The van der Waals surface area contributed by atoms with Crippen LogP contribution in [0.25, 0.3) is 5.70 Å². The molecule has 1 heterocycles. The summed E-state index contributed by atoms with van der Waals surface area (Å²) in [6.45, 7) is -0.676. The van der Waals surface area contributed by atoms with Crippen molar-refractivity contribution >= 4 is 27.5 Å². The number of amides is 1. The minimum absolute atomic E-state index is 0.120. The highest BCUT2D eigenvalue weighted by atomic mass is 79.9. The largest absolute Gasteiger partial charge is 0.479 e. The summed E-state index contributed by atoms with van der Waals surface area (Å²) < 4.78 is 77.8. The van der Waals surface area contributed by atoms with Crippen LogP contribution in [0.3, 0.4) is 0 Å². The van der Waals surface area contributed by atoms with E-state index in [2.05, 4.69) is 26.6 Å². The van der Waals surface area contributed by atoms with Crippen LogP contribution in [-0.2, 0) is 10.9 Å². The first kappa shape index (κ1) is 23.8. The maximum atomic E-state index is 14.6. The molecule has 1 amide bonds. The third-order valence-electron chi connectivity index (χ3n) is 4.52. The molecule has 3 N–H and O–H groups in total. The van der Waals surface area contributed by atoms with Crippen LogP contribution in [0.2, 0.25) is 0 Å². The number of benzene rings is 2. The van der Waals surface area contributed by atoms with Gasteiger partial charge in [0.05, 0.1) is 17.9 Å². The maximum Gasteiger partial charge on any atom is 0.416 e. The molecular weight excluding hydrogens is 507 g/mol. The van der Waals surface area contributed by atoms with Crippen molar-refractivity contribution in [3.63, 3.8) is 0 Å². The summed E-state index contributed by atoms with van der Waals surface area (Å²) in [6.07, 6.45) is -6.80. The molecule has 172 valence electrons. The molecule has 1 aliphatic rings. The van der Waals surface area contributed by atoms with Gasteiger partial charge in [0.25, 0.3) is 5.91 Å². The molecule has 0 aromatic heterocycles. The number of ether oxygens (including phenoxy) is 2. The topological polar surface area (TPSA) is 79.8 Å². The fourth-order valence-corrected chi connectivity index (χ4v) is 3.45. The summed E-state index contributed by atoms with van der Waals surface area (Å²) in [7, 11) is 1.20. The second-order valence-electron chi connectivity index (χ2n) is 6.56. The van der Waals surface area contributed by atoms with E-state index in [0.717, 1.165) is 24.3 Å². The zero-order valence-corrected chi connectivity index (χ0v) is 17.9. The Morgan fingerprint density at radius 3 is 2.47 bits per heavy atom. The molecule has 0 saturated carbocycles. The number of nitrogens with one attached hydrogen (secondary N) is 2. The molecule has 1 aliphatic heterocycles. The lowest BCUT2D eigenvalue weighted by Gasteiger charge is -2.24. The number of carbonyl (C=O) groups is 1. The average Bonchev–Trinajstić information content (AvgIpc) is 3.14. The van der Waals surface area contributed by atoms with E-state index in [1.165, 1.54) is 19.2 Å². The SMILES string of the molecule is CNC(=O)c1c(F)ccc(OC(CO)C2NC(c3ccc(C(F)(F)F)cc3)=C(Br)O2)c1F. The fraction of sp³-hybridized carbons (Fsp3) is 0.250. The number of rotatable bonds is 6. The van der Waals surface area contributed by atoms with Gasteiger partial charge in [0.1, 0.15) is 11.4 Å². The Balaban J connectivity index is 1.79. The van der Waals surface area contributed by atoms with Gasteiger partial charge in [-0.3, -0.25) is 4.79 Å². The molecule has 2 unspecified atom stereocenters. The summed E-state index contributed by atoms with van der Waals surface area (Å²) in [5, 5.41) is 14.7. The zero-order chi connectivity index (χ0) is 23.6. The number of hydrogen-bond donors (Lipinski definition) is 3. The van der Waals surface area contributed by atoms with Crippen molar-refractivity contribution in [1.82, 2.24) is 10.6 Å².